The first-order valence-electron chi connectivity index (χ1n) is 13.2. The van der Waals surface area contributed by atoms with Crippen LogP contribution in [0.4, 0.5) is 10.5 Å². The van der Waals surface area contributed by atoms with Crippen LogP contribution in [0.5, 0.6) is 5.75 Å². The maximum Gasteiger partial charge on any atom is 0.321 e. The molecular weight excluding hydrogens is 494 g/mol. The maximum atomic E-state index is 13.9. The standard InChI is InChI=1S/C31H37N3O5/c1-21-17-34(22(2)19-35)30(36)26-14-8-7-13-25(26)24-12-6-5-11-23(24)20-39-29(21)18-33(3)31(37)32-27-15-9-10-16-28(27)38-4/h5-16,21-22,29,35H,17-20H2,1-4H3,(H,32,37)/t21-,22-,29+/m1/s1. The van der Waals surface area contributed by atoms with Gasteiger partial charge in [0, 0.05) is 31.6 Å². The Balaban J connectivity index is 1.64. The summed E-state index contributed by atoms with van der Waals surface area (Å²) in [7, 11) is 3.28. The van der Waals surface area contributed by atoms with Gasteiger partial charge in [0.1, 0.15) is 5.75 Å². The minimum atomic E-state index is -0.392. The summed E-state index contributed by atoms with van der Waals surface area (Å²) in [5.41, 5.74) is 3.88. The van der Waals surface area contributed by atoms with Gasteiger partial charge in [0.05, 0.1) is 38.2 Å². The first-order chi connectivity index (χ1) is 18.8. The molecule has 0 aromatic heterocycles. The van der Waals surface area contributed by atoms with Gasteiger partial charge in [-0.3, -0.25) is 4.79 Å². The molecule has 0 bridgehead atoms. The zero-order valence-electron chi connectivity index (χ0n) is 23.0. The molecule has 8 nitrogen and oxygen atoms in total. The fourth-order valence-electron chi connectivity index (χ4n) is 4.86. The lowest BCUT2D eigenvalue weighted by molar-refractivity contribution is -0.0178. The van der Waals surface area contributed by atoms with Gasteiger partial charge in [-0.25, -0.2) is 4.79 Å². The van der Waals surface area contributed by atoms with E-state index in [0.717, 1.165) is 16.7 Å². The molecule has 3 atom stereocenters. The van der Waals surface area contributed by atoms with E-state index in [1.165, 1.54) is 0 Å². The van der Waals surface area contributed by atoms with E-state index in [0.29, 0.717) is 36.7 Å². The predicted octanol–water partition coefficient (Wildman–Crippen LogP) is 4.88. The Labute approximate surface area is 230 Å². The van der Waals surface area contributed by atoms with Crippen LogP contribution in [-0.2, 0) is 11.3 Å². The van der Waals surface area contributed by atoms with Gasteiger partial charge in [-0.2, -0.15) is 0 Å². The highest BCUT2D eigenvalue weighted by atomic mass is 16.5. The number of aliphatic hydroxyl groups excluding tert-OH is 1. The lowest BCUT2D eigenvalue weighted by Crippen LogP contribution is -2.48. The number of para-hydroxylation sites is 2. The second-order valence-corrected chi connectivity index (χ2v) is 10.0. The van der Waals surface area contributed by atoms with Gasteiger partial charge in [0.15, 0.2) is 0 Å². The lowest BCUT2D eigenvalue weighted by Gasteiger charge is -2.35. The van der Waals surface area contributed by atoms with E-state index in [-0.39, 0.29) is 30.6 Å². The van der Waals surface area contributed by atoms with Gasteiger partial charge in [-0.15, -0.1) is 0 Å². The van der Waals surface area contributed by atoms with Crippen molar-refractivity contribution in [1.82, 2.24) is 9.80 Å². The number of nitrogens with zero attached hydrogens (tertiary/aromatic N) is 2. The van der Waals surface area contributed by atoms with Crippen molar-refractivity contribution in [3.63, 3.8) is 0 Å². The van der Waals surface area contributed by atoms with E-state index in [2.05, 4.69) is 5.32 Å². The largest absolute Gasteiger partial charge is 0.495 e. The number of benzene rings is 3. The van der Waals surface area contributed by atoms with Crippen LogP contribution in [0.2, 0.25) is 0 Å². The third kappa shape index (κ3) is 6.41. The molecule has 0 saturated carbocycles. The van der Waals surface area contributed by atoms with E-state index in [9.17, 15) is 14.7 Å². The van der Waals surface area contributed by atoms with Crippen LogP contribution < -0.4 is 10.1 Å². The van der Waals surface area contributed by atoms with Crippen molar-refractivity contribution in [2.24, 2.45) is 5.92 Å². The molecular formula is C31H37N3O5. The molecule has 0 unspecified atom stereocenters. The normalized spacial score (nSPS) is 18.3. The summed E-state index contributed by atoms with van der Waals surface area (Å²) in [5, 5.41) is 12.9. The molecule has 3 aromatic rings. The Bertz CT molecular complexity index is 1300. The zero-order chi connectivity index (χ0) is 27.9. The number of hydrogen-bond acceptors (Lipinski definition) is 5. The second-order valence-electron chi connectivity index (χ2n) is 10.0. The molecule has 0 fully saturated rings. The lowest BCUT2D eigenvalue weighted by atomic mass is 9.94. The van der Waals surface area contributed by atoms with Crippen LogP contribution in [0.3, 0.4) is 0 Å². The molecule has 1 aliphatic heterocycles. The van der Waals surface area contributed by atoms with Crippen molar-refractivity contribution in [2.75, 3.05) is 39.2 Å². The SMILES string of the molecule is COc1ccccc1NC(=O)N(C)C[C@@H]1OCc2ccccc2-c2ccccc2C(=O)N([C@H](C)CO)C[C@H]1C. The van der Waals surface area contributed by atoms with E-state index >= 15 is 0 Å². The maximum absolute atomic E-state index is 13.9. The summed E-state index contributed by atoms with van der Waals surface area (Å²) in [5.74, 6) is 0.292. The van der Waals surface area contributed by atoms with E-state index in [1.54, 1.807) is 36.1 Å². The molecule has 0 spiro atoms. The van der Waals surface area contributed by atoms with E-state index < -0.39 is 6.04 Å². The molecule has 2 N–H and O–H groups in total. The number of anilines is 1. The van der Waals surface area contributed by atoms with Crippen molar-refractivity contribution in [3.05, 3.63) is 83.9 Å². The Morgan fingerprint density at radius 1 is 1.08 bits per heavy atom. The van der Waals surface area contributed by atoms with E-state index in [1.807, 2.05) is 74.5 Å². The Morgan fingerprint density at radius 3 is 2.44 bits per heavy atom. The first-order valence-corrected chi connectivity index (χ1v) is 13.2. The summed E-state index contributed by atoms with van der Waals surface area (Å²) in [6.45, 7) is 4.67. The smallest absolute Gasteiger partial charge is 0.321 e. The molecule has 3 amide bonds. The fourth-order valence-corrected chi connectivity index (χ4v) is 4.86. The molecule has 39 heavy (non-hydrogen) atoms. The van der Waals surface area contributed by atoms with Gasteiger partial charge >= 0.3 is 6.03 Å². The van der Waals surface area contributed by atoms with Crippen LogP contribution in [0.15, 0.2) is 72.8 Å². The highest BCUT2D eigenvalue weighted by molar-refractivity contribution is 6.01. The van der Waals surface area contributed by atoms with Gasteiger partial charge < -0.3 is 29.7 Å². The quantitative estimate of drug-likeness (QED) is 0.473. The van der Waals surface area contributed by atoms with Gasteiger partial charge in [0.25, 0.3) is 5.91 Å². The van der Waals surface area contributed by atoms with Crippen molar-refractivity contribution >= 4 is 17.6 Å². The minimum Gasteiger partial charge on any atom is -0.495 e. The third-order valence-corrected chi connectivity index (χ3v) is 7.24. The monoisotopic (exact) mass is 531 g/mol. The molecule has 206 valence electrons. The van der Waals surface area contributed by atoms with E-state index in [4.69, 9.17) is 9.47 Å². The molecule has 0 radical (unpaired) electrons. The summed E-state index contributed by atoms with van der Waals surface area (Å²) in [6.07, 6.45) is -0.381. The van der Waals surface area contributed by atoms with Gasteiger partial charge in [0.2, 0.25) is 0 Å². The topological polar surface area (TPSA) is 91.3 Å². The number of carbonyl (C=O) groups is 2. The van der Waals surface area contributed by atoms with Gasteiger partial charge in [-0.05, 0) is 41.8 Å². The number of ether oxygens (including phenoxy) is 2. The Morgan fingerprint density at radius 2 is 1.72 bits per heavy atom. The average Bonchev–Trinajstić information content (AvgIpc) is 2.98. The van der Waals surface area contributed by atoms with Crippen molar-refractivity contribution in [1.29, 1.82) is 0 Å². The number of fused-ring (bicyclic) bond motifs is 3. The number of methoxy groups -OCH3 is 1. The number of hydrogen-bond donors (Lipinski definition) is 2. The molecule has 1 aliphatic rings. The van der Waals surface area contributed by atoms with Crippen LogP contribution in [-0.4, -0.2) is 72.8 Å². The predicted molar refractivity (Wildman–Crippen MR) is 152 cm³/mol. The molecule has 8 heteroatoms. The van der Waals surface area contributed by atoms with Crippen LogP contribution >= 0.6 is 0 Å². The Hall–Kier alpha value is -3.88. The zero-order valence-corrected chi connectivity index (χ0v) is 23.0. The highest BCUT2D eigenvalue weighted by Crippen LogP contribution is 2.31. The summed E-state index contributed by atoms with van der Waals surface area (Å²) in [6, 6.07) is 22.0. The molecule has 4 rings (SSSR count). The van der Waals surface area contributed by atoms with Crippen LogP contribution in [0.1, 0.15) is 29.8 Å². The van der Waals surface area contributed by atoms with Crippen molar-refractivity contribution < 1.29 is 24.2 Å². The second kappa shape index (κ2) is 12.8. The number of urea groups is 1. The third-order valence-electron chi connectivity index (χ3n) is 7.24. The molecule has 1 heterocycles. The fraction of sp³-hybridized carbons (Fsp3) is 0.355. The number of amides is 3. The van der Waals surface area contributed by atoms with Crippen LogP contribution in [0, 0.1) is 5.92 Å². The van der Waals surface area contributed by atoms with Crippen molar-refractivity contribution in [3.8, 4) is 16.9 Å². The minimum absolute atomic E-state index is 0.137. The Kier molecular flexibility index (Phi) is 9.22. The number of likely N-dealkylation sites (N-methyl/N-ethyl adjacent to an activating group) is 1. The number of aliphatic hydroxyl groups is 1. The number of carbonyl (C=O) groups excluding carboxylic acids is 2. The number of nitrogens with one attached hydrogen (secondary N) is 1. The highest BCUT2D eigenvalue weighted by Gasteiger charge is 2.31. The molecule has 0 aliphatic carbocycles. The summed E-state index contributed by atoms with van der Waals surface area (Å²) >= 11 is 0. The summed E-state index contributed by atoms with van der Waals surface area (Å²) in [4.78, 5) is 30.3. The van der Waals surface area contributed by atoms with Crippen LogP contribution in [0.25, 0.3) is 11.1 Å². The molecule has 3 aromatic carbocycles. The first kappa shape index (κ1) is 28.1. The van der Waals surface area contributed by atoms with Gasteiger partial charge in [-0.1, -0.05) is 61.5 Å². The average molecular weight is 532 g/mol. The molecule has 0 saturated heterocycles. The summed E-state index contributed by atoms with van der Waals surface area (Å²) < 4.78 is 11.9. The van der Waals surface area contributed by atoms with Crippen molar-refractivity contribution in [2.45, 2.75) is 32.6 Å². The number of rotatable bonds is 6.